The molecular formula is C21H25BrN4O. The highest BCUT2D eigenvalue weighted by molar-refractivity contribution is 9.10. The van der Waals surface area contributed by atoms with E-state index in [1.54, 1.807) is 4.57 Å². The van der Waals surface area contributed by atoms with Gasteiger partial charge in [0.2, 0.25) is 5.62 Å². The van der Waals surface area contributed by atoms with Crippen LogP contribution in [0.1, 0.15) is 24.2 Å². The van der Waals surface area contributed by atoms with Crippen LogP contribution < -0.4 is 5.62 Å². The van der Waals surface area contributed by atoms with E-state index in [0.29, 0.717) is 11.2 Å². The topological polar surface area (TPSA) is 54.0 Å². The lowest BCUT2D eigenvalue weighted by atomic mass is 10.1. The summed E-state index contributed by atoms with van der Waals surface area (Å²) in [5.74, 6) is 0.00134. The number of ketones is 1. The van der Waals surface area contributed by atoms with E-state index in [1.807, 2.05) is 53.1 Å². The molecule has 5 nitrogen and oxygen atoms in total. The Morgan fingerprint density at radius 2 is 1.70 bits per heavy atom. The number of hydrogen-bond donors (Lipinski definition) is 1. The first-order valence-electron chi connectivity index (χ1n) is 9.29. The van der Waals surface area contributed by atoms with E-state index in [4.69, 9.17) is 5.41 Å². The Balaban J connectivity index is 1.95. The first-order valence-corrected chi connectivity index (χ1v) is 10.1. The van der Waals surface area contributed by atoms with E-state index >= 15 is 0 Å². The van der Waals surface area contributed by atoms with Crippen molar-refractivity contribution in [3.63, 3.8) is 0 Å². The molecule has 0 spiro atoms. The molecular weight excluding hydrogens is 404 g/mol. The van der Waals surface area contributed by atoms with Gasteiger partial charge in [0.25, 0.3) is 0 Å². The van der Waals surface area contributed by atoms with Crippen molar-refractivity contribution in [2.45, 2.75) is 26.9 Å². The molecule has 0 bridgehead atoms. The molecule has 0 fully saturated rings. The summed E-state index contributed by atoms with van der Waals surface area (Å²) >= 11 is 3.42. The van der Waals surface area contributed by atoms with Gasteiger partial charge < -0.3 is 14.0 Å². The zero-order valence-corrected chi connectivity index (χ0v) is 17.4. The zero-order valence-electron chi connectivity index (χ0n) is 15.8. The molecule has 2 aromatic carbocycles. The Labute approximate surface area is 167 Å². The van der Waals surface area contributed by atoms with Crippen LogP contribution in [0.5, 0.6) is 0 Å². The monoisotopic (exact) mass is 428 g/mol. The van der Waals surface area contributed by atoms with E-state index in [2.05, 4.69) is 34.7 Å². The van der Waals surface area contributed by atoms with Crippen molar-refractivity contribution in [2.75, 3.05) is 19.6 Å². The van der Waals surface area contributed by atoms with Crippen molar-refractivity contribution in [1.29, 1.82) is 5.41 Å². The molecule has 0 atom stereocenters. The summed E-state index contributed by atoms with van der Waals surface area (Å²) in [5, 5.41) is 8.68. The summed E-state index contributed by atoms with van der Waals surface area (Å²) in [7, 11) is 0. The van der Waals surface area contributed by atoms with E-state index in [-0.39, 0.29) is 12.3 Å². The van der Waals surface area contributed by atoms with Crippen molar-refractivity contribution in [3.8, 4) is 0 Å². The van der Waals surface area contributed by atoms with Gasteiger partial charge in [0, 0.05) is 23.1 Å². The maximum atomic E-state index is 12.8. The predicted molar refractivity (Wildman–Crippen MR) is 112 cm³/mol. The SMILES string of the molecule is CCN(CC)CCn1c(=N)n(CC(=O)c2cccc(Br)c2)c2ccccc21. The highest BCUT2D eigenvalue weighted by Crippen LogP contribution is 2.16. The van der Waals surface area contributed by atoms with E-state index in [9.17, 15) is 4.79 Å². The van der Waals surface area contributed by atoms with E-state index in [0.717, 1.165) is 41.7 Å². The fraction of sp³-hybridized carbons (Fsp3) is 0.333. The van der Waals surface area contributed by atoms with Gasteiger partial charge in [-0.15, -0.1) is 0 Å². The van der Waals surface area contributed by atoms with Gasteiger partial charge in [-0.2, -0.15) is 0 Å². The molecule has 3 aromatic rings. The number of para-hydroxylation sites is 2. The van der Waals surface area contributed by atoms with Crippen molar-refractivity contribution >= 4 is 32.7 Å². The maximum Gasteiger partial charge on any atom is 0.203 e. The van der Waals surface area contributed by atoms with Gasteiger partial charge in [-0.1, -0.05) is 54.0 Å². The number of carbonyl (C=O) groups excluding carboxylic acids is 1. The lowest BCUT2D eigenvalue weighted by molar-refractivity contribution is 0.0971. The number of Topliss-reactive ketones (excluding diaryl/α,β-unsaturated/α-hetero) is 1. The lowest BCUT2D eigenvalue weighted by Crippen LogP contribution is -2.32. The number of nitrogens with zero attached hydrogens (tertiary/aromatic N) is 3. The number of likely N-dealkylation sites (N-methyl/N-ethyl adjacent to an activating group) is 1. The third kappa shape index (κ3) is 4.22. The number of hydrogen-bond acceptors (Lipinski definition) is 3. The molecule has 1 heterocycles. The van der Waals surface area contributed by atoms with Crippen LogP contribution in [0.25, 0.3) is 11.0 Å². The molecule has 142 valence electrons. The fourth-order valence-electron chi connectivity index (χ4n) is 3.36. The lowest BCUT2D eigenvalue weighted by Gasteiger charge is -2.18. The number of imidazole rings is 1. The van der Waals surface area contributed by atoms with Crippen LogP contribution in [0.3, 0.4) is 0 Å². The normalized spacial score (nSPS) is 11.4. The van der Waals surface area contributed by atoms with Crippen LogP contribution in [0.2, 0.25) is 0 Å². The molecule has 0 aliphatic heterocycles. The van der Waals surface area contributed by atoms with Crippen LogP contribution in [-0.2, 0) is 13.1 Å². The number of carbonyl (C=O) groups is 1. The van der Waals surface area contributed by atoms with Gasteiger partial charge in [0.1, 0.15) is 0 Å². The number of nitrogens with one attached hydrogen (secondary N) is 1. The van der Waals surface area contributed by atoms with Gasteiger partial charge in [-0.05, 0) is 37.4 Å². The standard InChI is InChI=1S/C21H25BrN4O/c1-3-24(4-2)12-13-25-18-10-5-6-11-19(18)26(21(25)23)15-20(27)16-8-7-9-17(22)14-16/h5-11,14,23H,3-4,12-13,15H2,1-2H3. The second kappa shape index (κ2) is 8.67. The molecule has 1 aromatic heterocycles. The predicted octanol–water partition coefficient (Wildman–Crippen LogP) is 3.91. The minimum absolute atomic E-state index is 0.00134. The van der Waals surface area contributed by atoms with E-state index in [1.165, 1.54) is 0 Å². The second-order valence-corrected chi connectivity index (χ2v) is 7.43. The van der Waals surface area contributed by atoms with Crippen LogP contribution in [-0.4, -0.2) is 39.5 Å². The summed E-state index contributed by atoms with van der Waals surface area (Å²) in [5.41, 5.74) is 2.94. The van der Waals surface area contributed by atoms with Crippen molar-refractivity contribution in [3.05, 3.63) is 64.2 Å². The average molecular weight is 429 g/mol. The second-order valence-electron chi connectivity index (χ2n) is 6.51. The van der Waals surface area contributed by atoms with Crippen molar-refractivity contribution in [2.24, 2.45) is 0 Å². The highest BCUT2D eigenvalue weighted by Gasteiger charge is 2.15. The summed E-state index contributed by atoms with van der Waals surface area (Å²) in [6.07, 6.45) is 0. The smallest absolute Gasteiger partial charge is 0.203 e. The summed E-state index contributed by atoms with van der Waals surface area (Å²) in [6.45, 7) is 8.06. The van der Waals surface area contributed by atoms with Crippen LogP contribution >= 0.6 is 15.9 Å². The number of rotatable bonds is 8. The highest BCUT2D eigenvalue weighted by atomic mass is 79.9. The van der Waals surface area contributed by atoms with E-state index < -0.39 is 0 Å². The molecule has 6 heteroatoms. The molecule has 0 amide bonds. The fourth-order valence-corrected chi connectivity index (χ4v) is 3.76. The summed E-state index contributed by atoms with van der Waals surface area (Å²) in [4.78, 5) is 15.1. The molecule has 0 saturated carbocycles. The first-order chi connectivity index (χ1) is 13.0. The zero-order chi connectivity index (χ0) is 19.4. The van der Waals surface area contributed by atoms with Gasteiger partial charge in [-0.3, -0.25) is 10.2 Å². The first kappa shape index (κ1) is 19.6. The number of fused-ring (bicyclic) bond motifs is 1. The molecule has 0 aliphatic rings. The molecule has 0 unspecified atom stereocenters. The number of aromatic nitrogens is 2. The Morgan fingerprint density at radius 3 is 2.33 bits per heavy atom. The summed E-state index contributed by atoms with van der Waals surface area (Å²) < 4.78 is 4.69. The third-order valence-electron chi connectivity index (χ3n) is 4.96. The number of halogens is 1. The van der Waals surface area contributed by atoms with Crippen LogP contribution in [0, 0.1) is 5.41 Å². The molecule has 0 aliphatic carbocycles. The maximum absolute atomic E-state index is 12.8. The molecule has 0 radical (unpaired) electrons. The number of benzene rings is 2. The van der Waals surface area contributed by atoms with Gasteiger partial charge in [-0.25, -0.2) is 0 Å². The average Bonchev–Trinajstić information content (AvgIpc) is 2.94. The van der Waals surface area contributed by atoms with Gasteiger partial charge in [0.05, 0.1) is 17.6 Å². The quantitative estimate of drug-likeness (QED) is 0.552. The molecule has 3 rings (SSSR count). The Kier molecular flexibility index (Phi) is 6.29. The largest absolute Gasteiger partial charge is 0.309 e. The molecule has 27 heavy (non-hydrogen) atoms. The minimum Gasteiger partial charge on any atom is -0.309 e. The Hall–Kier alpha value is -2.18. The minimum atomic E-state index is 0.00134. The Bertz CT molecular complexity index is 1000. The third-order valence-corrected chi connectivity index (χ3v) is 5.45. The van der Waals surface area contributed by atoms with Crippen LogP contribution in [0.4, 0.5) is 0 Å². The Morgan fingerprint density at radius 1 is 1.04 bits per heavy atom. The van der Waals surface area contributed by atoms with Crippen molar-refractivity contribution < 1.29 is 4.79 Å². The molecule has 1 N–H and O–H groups in total. The molecule has 0 saturated heterocycles. The van der Waals surface area contributed by atoms with Crippen molar-refractivity contribution in [1.82, 2.24) is 14.0 Å². The summed E-state index contributed by atoms with van der Waals surface area (Å²) in [6, 6.07) is 15.3. The van der Waals surface area contributed by atoms with Gasteiger partial charge >= 0.3 is 0 Å². The van der Waals surface area contributed by atoms with Gasteiger partial charge in [0.15, 0.2) is 5.78 Å². The van der Waals surface area contributed by atoms with Crippen LogP contribution in [0.15, 0.2) is 53.0 Å².